The normalized spacial score (nSPS) is 0. The summed E-state index contributed by atoms with van der Waals surface area (Å²) >= 11 is 0. The van der Waals surface area contributed by atoms with E-state index in [9.17, 15) is 0 Å². The van der Waals surface area contributed by atoms with E-state index in [0.717, 1.165) is 0 Å². The van der Waals surface area contributed by atoms with Crippen LogP contribution in [-0.4, -0.2) is 23.9 Å². The zero-order chi connectivity index (χ0) is 0. The van der Waals surface area contributed by atoms with E-state index >= 15 is 0 Å². The van der Waals surface area contributed by atoms with Crippen LogP contribution in [0.4, 0.5) is 0 Å². The molecule has 5 heteroatoms. The second kappa shape index (κ2) is 32.3. The summed E-state index contributed by atoms with van der Waals surface area (Å²) in [5, 5.41) is 0. The van der Waals surface area contributed by atoms with E-state index in [4.69, 9.17) is 0 Å². The third kappa shape index (κ3) is 21.5. The average molecular weight is 333 g/mol. The van der Waals surface area contributed by atoms with Gasteiger partial charge in [0.15, 0.2) is 0 Å². The molecule has 0 heterocycles. The maximum absolute atomic E-state index is 0. The van der Waals surface area contributed by atoms with Crippen LogP contribution in [-0.2, 0) is 22.4 Å². The van der Waals surface area contributed by atoms with Gasteiger partial charge in [-0.2, -0.15) is 0 Å². The minimum atomic E-state index is 0. The predicted octanol–water partition coefficient (Wildman–Crippen LogP) is -9.37. The van der Waals surface area contributed by atoms with Crippen LogP contribution < -0.4 is 37.2 Å². The van der Waals surface area contributed by atoms with E-state index in [1.54, 1.807) is 0 Å². The molecule has 0 atom stereocenters. The Bertz CT molecular complexity index is 6.85. The maximum atomic E-state index is 0. The van der Waals surface area contributed by atoms with Crippen LogP contribution in [0, 0.1) is 0 Å². The largest absolute Gasteiger partial charge is 2.00 e. The van der Waals surface area contributed by atoms with Gasteiger partial charge < -0.3 is 37.2 Å². The molecule has 0 saturated carbocycles. The zero-order valence-electron chi connectivity index (χ0n) is 1.94. The van der Waals surface area contributed by atoms with E-state index in [2.05, 4.69) is 0 Å². The van der Waals surface area contributed by atoms with Crippen LogP contribution in [0.25, 0.3) is 0 Å². The van der Waals surface area contributed by atoms with Crippen molar-refractivity contribution in [2.24, 2.45) is 0 Å². The van der Waals surface area contributed by atoms with Crippen LogP contribution in [0.3, 0.4) is 0 Å². The second-order valence-corrected chi connectivity index (χ2v) is 0. The van der Waals surface area contributed by atoms with E-state index in [0.29, 0.717) is 0 Å². The Labute approximate surface area is 82.5 Å². The van der Waals surface area contributed by atoms with Crippen LogP contribution >= 0.6 is 0 Å². The third-order valence-corrected chi connectivity index (χ3v) is 0. The van der Waals surface area contributed by atoms with Gasteiger partial charge in [0.05, 0.1) is 0 Å². The summed E-state index contributed by atoms with van der Waals surface area (Å²) in [7, 11) is 0. The fourth-order valence-corrected chi connectivity index (χ4v) is 0. The Hall–Kier alpha value is 2.41. The zero-order valence-corrected chi connectivity index (χ0v) is 8.54. The Morgan fingerprint density at radius 2 is 0.600 bits per heavy atom. The predicted molar refractivity (Wildman–Crippen MR) is 5.75 cm³/mol. The minimum absolute atomic E-state index is 0. The average Bonchev–Trinajstić information content (AvgIpc) is 0. The first-order chi connectivity index (χ1) is 0. The molecule has 0 aliphatic rings. The van der Waals surface area contributed by atoms with Crippen molar-refractivity contribution in [3.05, 3.63) is 0 Å². The van der Waals surface area contributed by atoms with Gasteiger partial charge in [0.2, 0.25) is 0 Å². The van der Waals surface area contributed by atoms with Crippen LogP contribution in [0.15, 0.2) is 0 Å². The molecular formula is AgCl3Sn. The van der Waals surface area contributed by atoms with E-state index in [1.807, 2.05) is 0 Å². The van der Waals surface area contributed by atoms with Gasteiger partial charge >= 0.3 is 46.3 Å². The smallest absolute Gasteiger partial charge is 1.00 e. The van der Waals surface area contributed by atoms with E-state index < -0.39 is 0 Å². The van der Waals surface area contributed by atoms with Gasteiger partial charge in [0.1, 0.15) is 0 Å². The number of halogens is 3. The molecule has 0 aromatic heterocycles. The Kier molecular flexibility index (Phi) is 339. The van der Waals surface area contributed by atoms with Crippen molar-refractivity contribution in [2.45, 2.75) is 0 Å². The molecule has 0 fully saturated rings. The second-order valence-electron chi connectivity index (χ2n) is 0. The molecule has 5 heavy (non-hydrogen) atoms. The van der Waals surface area contributed by atoms with E-state index in [-0.39, 0.29) is 83.5 Å². The van der Waals surface area contributed by atoms with Crippen molar-refractivity contribution in [3.63, 3.8) is 0 Å². The van der Waals surface area contributed by atoms with Gasteiger partial charge in [-0.05, 0) is 0 Å². The van der Waals surface area contributed by atoms with Gasteiger partial charge in [-0.15, -0.1) is 0 Å². The van der Waals surface area contributed by atoms with E-state index in [1.165, 1.54) is 0 Å². The van der Waals surface area contributed by atoms with Crippen LogP contribution in [0.5, 0.6) is 0 Å². The first-order valence-corrected chi connectivity index (χ1v) is 0. The number of hydrogen-bond donors (Lipinski definition) is 0. The van der Waals surface area contributed by atoms with Gasteiger partial charge in [-0.1, -0.05) is 0 Å². The summed E-state index contributed by atoms with van der Waals surface area (Å²) in [5.74, 6) is 0. The molecule has 0 aliphatic heterocycles. The molecular weight excluding hydrogens is 333 g/mol. The van der Waals surface area contributed by atoms with Crippen molar-refractivity contribution in [2.75, 3.05) is 0 Å². The summed E-state index contributed by atoms with van der Waals surface area (Å²) in [6.45, 7) is 0. The van der Waals surface area contributed by atoms with Gasteiger partial charge in [0, 0.05) is 0 Å². The van der Waals surface area contributed by atoms with Crippen molar-refractivity contribution >= 4 is 23.9 Å². The first-order valence-electron chi connectivity index (χ1n) is 0. The molecule has 0 rings (SSSR count). The Balaban J connectivity index is 0. The fourth-order valence-electron chi connectivity index (χ4n) is 0. The first kappa shape index (κ1) is 52.4. The molecule has 0 aliphatic carbocycles. The summed E-state index contributed by atoms with van der Waals surface area (Å²) in [6, 6.07) is 0. The standard InChI is InChI=1S/Ag.3ClH.Sn/h;3*1H;/q+1;;;;+2/p-3. The topological polar surface area (TPSA) is 0 Å². The quantitative estimate of drug-likeness (QED) is 0.387. The van der Waals surface area contributed by atoms with Gasteiger partial charge in [-0.3, -0.25) is 0 Å². The number of rotatable bonds is 0. The molecule has 0 aromatic rings. The van der Waals surface area contributed by atoms with Crippen molar-refractivity contribution in [1.29, 1.82) is 0 Å². The molecule has 0 unspecified atom stereocenters. The number of hydrogen-bond acceptors (Lipinski definition) is 0. The molecule has 2 radical (unpaired) electrons. The molecule has 0 saturated heterocycles. The SMILES string of the molecule is [Ag+].[Cl-].[Cl-].[Cl-].[Sn+2]. The van der Waals surface area contributed by atoms with Crippen molar-refractivity contribution in [3.8, 4) is 0 Å². The maximum Gasteiger partial charge on any atom is 2.00 e. The van der Waals surface area contributed by atoms with Crippen molar-refractivity contribution < 1.29 is 59.6 Å². The molecule has 0 bridgehead atoms. The monoisotopic (exact) mass is 332 g/mol. The Morgan fingerprint density at radius 3 is 0.600 bits per heavy atom. The Morgan fingerprint density at radius 1 is 0.600 bits per heavy atom. The van der Waals surface area contributed by atoms with Gasteiger partial charge in [-0.25, -0.2) is 0 Å². The molecule has 0 nitrogen and oxygen atoms in total. The molecule has 0 spiro atoms. The molecule has 0 amide bonds. The fraction of sp³-hybridized carbons (Fsp3) is 0. The molecule has 0 aromatic carbocycles. The summed E-state index contributed by atoms with van der Waals surface area (Å²) in [5.41, 5.74) is 0. The summed E-state index contributed by atoms with van der Waals surface area (Å²) in [6.07, 6.45) is 0. The molecule has 36 valence electrons. The summed E-state index contributed by atoms with van der Waals surface area (Å²) in [4.78, 5) is 0. The molecule has 0 N–H and O–H groups in total. The van der Waals surface area contributed by atoms with Crippen molar-refractivity contribution in [1.82, 2.24) is 0 Å². The van der Waals surface area contributed by atoms with Gasteiger partial charge in [0.25, 0.3) is 0 Å². The van der Waals surface area contributed by atoms with Crippen LogP contribution in [0.1, 0.15) is 0 Å². The van der Waals surface area contributed by atoms with Crippen LogP contribution in [0.2, 0.25) is 0 Å². The third-order valence-electron chi connectivity index (χ3n) is 0. The minimum Gasteiger partial charge on any atom is -1.00 e. The summed E-state index contributed by atoms with van der Waals surface area (Å²) < 4.78 is 0.